The fourth-order valence-corrected chi connectivity index (χ4v) is 6.39. The molecule has 2 aromatic rings. The van der Waals surface area contributed by atoms with Gasteiger partial charge >= 0.3 is 0 Å². The third kappa shape index (κ3) is 7.14. The van der Waals surface area contributed by atoms with Crippen molar-refractivity contribution in [2.75, 3.05) is 0 Å². The fourth-order valence-electron chi connectivity index (χ4n) is 2.80. The van der Waals surface area contributed by atoms with Crippen LogP contribution >= 0.6 is 15.9 Å². The number of hydrogen-bond acceptors (Lipinski definition) is 2. The van der Waals surface area contributed by atoms with Gasteiger partial charge in [0.05, 0.1) is 21.6 Å². The highest BCUT2D eigenvalue weighted by atomic mass is 79.9. The minimum Gasteiger partial charge on any atom is -0.248 e. The third-order valence-corrected chi connectivity index (χ3v) is 9.28. The van der Waals surface area contributed by atoms with Crippen molar-refractivity contribution in [2.45, 2.75) is 64.2 Å². The molecule has 0 bridgehead atoms. The van der Waals surface area contributed by atoms with Crippen LogP contribution in [0.3, 0.4) is 0 Å². The van der Waals surface area contributed by atoms with Gasteiger partial charge in [0.25, 0.3) is 0 Å². The van der Waals surface area contributed by atoms with Gasteiger partial charge in [0.15, 0.2) is 0 Å². The summed E-state index contributed by atoms with van der Waals surface area (Å²) in [5.41, 5.74) is 3.40. The average Bonchev–Trinajstić information content (AvgIpc) is 2.68. The molecule has 0 saturated heterocycles. The summed E-state index contributed by atoms with van der Waals surface area (Å²) >= 11 is 3.67. The maximum Gasteiger partial charge on any atom is 0.109 e. The van der Waals surface area contributed by atoms with Crippen molar-refractivity contribution in [3.8, 4) is 0 Å². The van der Waals surface area contributed by atoms with Crippen LogP contribution in [0, 0.1) is 19.3 Å². The van der Waals surface area contributed by atoms with Crippen LogP contribution in [0.4, 0.5) is 0 Å². The van der Waals surface area contributed by atoms with Crippen molar-refractivity contribution in [1.29, 1.82) is 0 Å². The van der Waals surface area contributed by atoms with Crippen molar-refractivity contribution in [2.24, 2.45) is 5.41 Å². The third-order valence-electron chi connectivity index (χ3n) is 4.83. The van der Waals surface area contributed by atoms with E-state index in [0.717, 1.165) is 17.5 Å². The standard InChI is InChI=1S/C25H31BrO2S2/c1-18(2)23(26)17-25(5,6)16-15-24(29(27)21-11-7-19(3)8-12-21)30(28)22-13-9-20(4)10-14-22/h7-15H,16-17H2,1-6H3/t29-,30-/m0/s1. The lowest BCUT2D eigenvalue weighted by atomic mass is 9.85. The second kappa shape index (κ2) is 10.8. The SMILES string of the molecule is CC(C)=C(Br)CC(C)(C)CC=C([S@@](=O)c1ccc(C)cc1)[S@@](=O)c1ccc(C)cc1. The van der Waals surface area contributed by atoms with Crippen LogP contribution in [0.25, 0.3) is 0 Å². The van der Waals surface area contributed by atoms with Crippen LogP contribution in [-0.4, -0.2) is 8.42 Å². The van der Waals surface area contributed by atoms with E-state index >= 15 is 0 Å². The summed E-state index contributed by atoms with van der Waals surface area (Å²) in [6.45, 7) is 12.5. The molecule has 0 spiro atoms. The topological polar surface area (TPSA) is 34.1 Å². The molecule has 0 fully saturated rings. The summed E-state index contributed by atoms with van der Waals surface area (Å²) in [6, 6.07) is 15.2. The summed E-state index contributed by atoms with van der Waals surface area (Å²) in [5, 5.41) is 0. The minimum absolute atomic E-state index is 0.0592. The van der Waals surface area contributed by atoms with E-state index in [-0.39, 0.29) is 5.41 Å². The molecule has 2 nitrogen and oxygen atoms in total. The summed E-state index contributed by atoms with van der Waals surface area (Å²) in [5.74, 6) is 0. The Labute approximate surface area is 194 Å². The zero-order chi connectivity index (χ0) is 22.5. The van der Waals surface area contributed by atoms with Gasteiger partial charge in [0, 0.05) is 9.79 Å². The summed E-state index contributed by atoms with van der Waals surface area (Å²) in [7, 11) is -2.97. The maximum absolute atomic E-state index is 13.4. The van der Waals surface area contributed by atoms with Crippen molar-refractivity contribution < 1.29 is 8.42 Å². The molecule has 162 valence electrons. The highest BCUT2D eigenvalue weighted by Gasteiger charge is 2.23. The number of allylic oxidation sites excluding steroid dienone is 3. The van der Waals surface area contributed by atoms with Gasteiger partial charge in [-0.1, -0.05) is 76.8 Å². The van der Waals surface area contributed by atoms with E-state index in [0.29, 0.717) is 20.4 Å². The molecule has 0 aliphatic carbocycles. The van der Waals surface area contributed by atoms with Gasteiger partial charge in [-0.3, -0.25) is 0 Å². The highest BCUT2D eigenvalue weighted by Crippen LogP contribution is 2.35. The predicted molar refractivity (Wildman–Crippen MR) is 134 cm³/mol. The lowest BCUT2D eigenvalue weighted by Gasteiger charge is -2.24. The van der Waals surface area contributed by atoms with E-state index < -0.39 is 21.6 Å². The molecule has 30 heavy (non-hydrogen) atoms. The van der Waals surface area contributed by atoms with E-state index in [2.05, 4.69) is 43.6 Å². The zero-order valence-electron chi connectivity index (χ0n) is 18.6. The number of halogens is 1. The van der Waals surface area contributed by atoms with Crippen LogP contribution in [-0.2, 0) is 21.6 Å². The number of hydrogen-bond donors (Lipinski definition) is 0. The highest BCUT2D eigenvalue weighted by molar-refractivity contribution is 9.11. The molecule has 0 saturated carbocycles. The van der Waals surface area contributed by atoms with Gasteiger partial charge < -0.3 is 0 Å². The molecule has 0 amide bonds. The van der Waals surface area contributed by atoms with Gasteiger partial charge in [0.1, 0.15) is 4.24 Å². The first-order valence-electron chi connectivity index (χ1n) is 9.99. The van der Waals surface area contributed by atoms with Gasteiger partial charge in [-0.05, 0) is 74.7 Å². The molecule has 5 heteroatoms. The Morgan fingerprint density at radius 3 is 1.63 bits per heavy atom. The lowest BCUT2D eigenvalue weighted by Crippen LogP contribution is -2.12. The molecular weight excluding hydrogens is 476 g/mol. The largest absolute Gasteiger partial charge is 0.248 e. The molecule has 0 aliphatic rings. The Kier molecular flexibility index (Phi) is 9.01. The summed E-state index contributed by atoms with van der Waals surface area (Å²) < 4.78 is 28.5. The first-order chi connectivity index (χ1) is 14.0. The Morgan fingerprint density at radius 2 is 1.27 bits per heavy atom. The Hall–Kier alpha value is -1.30. The molecule has 2 aromatic carbocycles. The van der Waals surface area contributed by atoms with Crippen LogP contribution in [0.1, 0.15) is 51.7 Å². The van der Waals surface area contributed by atoms with E-state index in [1.807, 2.05) is 68.5 Å². The summed E-state index contributed by atoms with van der Waals surface area (Å²) in [4.78, 5) is 1.35. The number of aryl methyl sites for hydroxylation is 2. The van der Waals surface area contributed by atoms with Crippen LogP contribution < -0.4 is 0 Å². The van der Waals surface area contributed by atoms with Crippen molar-refractivity contribution in [3.05, 3.63) is 80.0 Å². The fraction of sp³-hybridized carbons (Fsp3) is 0.360. The average molecular weight is 508 g/mol. The monoisotopic (exact) mass is 506 g/mol. The van der Waals surface area contributed by atoms with Crippen LogP contribution in [0.15, 0.2) is 78.7 Å². The predicted octanol–water partition coefficient (Wildman–Crippen LogP) is 7.56. The van der Waals surface area contributed by atoms with Crippen molar-refractivity contribution in [1.82, 2.24) is 0 Å². The lowest BCUT2D eigenvalue weighted by molar-refractivity contribution is 0.374. The first-order valence-corrected chi connectivity index (χ1v) is 13.1. The van der Waals surface area contributed by atoms with Crippen LogP contribution in [0.2, 0.25) is 0 Å². The molecule has 0 heterocycles. The van der Waals surface area contributed by atoms with Crippen molar-refractivity contribution in [3.63, 3.8) is 0 Å². The Morgan fingerprint density at radius 1 is 0.867 bits per heavy atom. The van der Waals surface area contributed by atoms with Gasteiger partial charge in [-0.2, -0.15) is 0 Å². The van der Waals surface area contributed by atoms with Gasteiger partial charge in [-0.25, -0.2) is 8.42 Å². The van der Waals surface area contributed by atoms with Crippen molar-refractivity contribution >= 4 is 37.5 Å². The molecule has 0 aromatic heterocycles. The molecule has 0 radical (unpaired) electrons. The summed E-state index contributed by atoms with van der Waals surface area (Å²) in [6.07, 6.45) is 3.48. The van der Waals surface area contributed by atoms with E-state index in [9.17, 15) is 8.42 Å². The second-order valence-electron chi connectivity index (χ2n) is 8.64. The normalized spacial score (nSPS) is 13.4. The molecule has 0 unspecified atom stereocenters. The van der Waals surface area contributed by atoms with E-state index in [1.54, 1.807) is 0 Å². The molecular formula is C25H31BrO2S2. The molecule has 2 rings (SSSR count). The van der Waals surface area contributed by atoms with Crippen LogP contribution in [0.5, 0.6) is 0 Å². The zero-order valence-corrected chi connectivity index (χ0v) is 21.8. The number of rotatable bonds is 8. The van der Waals surface area contributed by atoms with E-state index in [1.165, 1.54) is 10.1 Å². The Balaban J connectivity index is 2.41. The molecule has 2 atom stereocenters. The Bertz CT molecular complexity index is 921. The molecule has 0 N–H and O–H groups in total. The molecule has 0 aliphatic heterocycles. The smallest absolute Gasteiger partial charge is 0.109 e. The maximum atomic E-state index is 13.4. The van der Waals surface area contributed by atoms with Gasteiger partial charge in [0.2, 0.25) is 0 Å². The number of benzene rings is 2. The first kappa shape index (κ1) is 25.0. The minimum atomic E-state index is -1.48. The van der Waals surface area contributed by atoms with E-state index in [4.69, 9.17) is 0 Å². The quantitative estimate of drug-likeness (QED) is 0.370. The van der Waals surface area contributed by atoms with Gasteiger partial charge in [-0.15, -0.1) is 0 Å². The second-order valence-corrected chi connectivity index (χ2v) is 12.7.